The van der Waals surface area contributed by atoms with Crippen molar-refractivity contribution < 1.29 is 17.9 Å². The van der Waals surface area contributed by atoms with Crippen LogP contribution in [-0.2, 0) is 12.6 Å². The summed E-state index contributed by atoms with van der Waals surface area (Å²) in [5, 5.41) is 0. The highest BCUT2D eigenvalue weighted by molar-refractivity contribution is 5.36. The van der Waals surface area contributed by atoms with E-state index < -0.39 is 11.7 Å². The van der Waals surface area contributed by atoms with Gasteiger partial charge in [-0.05, 0) is 55.9 Å². The summed E-state index contributed by atoms with van der Waals surface area (Å²) in [4.78, 5) is 2.48. The van der Waals surface area contributed by atoms with Gasteiger partial charge >= 0.3 is 6.18 Å². The predicted octanol–water partition coefficient (Wildman–Crippen LogP) is 4.27. The maximum Gasteiger partial charge on any atom is 0.416 e. The Kier molecular flexibility index (Phi) is 4.35. The second-order valence-electron chi connectivity index (χ2n) is 6.30. The minimum absolute atomic E-state index is 0.0307. The lowest BCUT2D eigenvalue weighted by Crippen LogP contribution is -2.39. The molecule has 1 saturated heterocycles. The summed E-state index contributed by atoms with van der Waals surface area (Å²) >= 11 is 0. The van der Waals surface area contributed by atoms with Crippen molar-refractivity contribution in [3.05, 3.63) is 29.3 Å². The summed E-state index contributed by atoms with van der Waals surface area (Å²) in [6.07, 6.45) is 0.655. The first-order valence-corrected chi connectivity index (χ1v) is 8.07. The Balaban J connectivity index is 1.66. The predicted molar refractivity (Wildman–Crippen MR) is 79.1 cm³/mol. The average molecular weight is 313 g/mol. The van der Waals surface area contributed by atoms with Crippen LogP contribution in [0, 0.1) is 0 Å². The molecule has 5 heteroatoms. The van der Waals surface area contributed by atoms with Crippen LogP contribution in [0.15, 0.2) is 18.2 Å². The molecule has 2 aliphatic rings. The molecule has 2 fully saturated rings. The topological polar surface area (TPSA) is 12.5 Å². The summed E-state index contributed by atoms with van der Waals surface area (Å²) in [5.41, 5.74) is 0.0532. The summed E-state index contributed by atoms with van der Waals surface area (Å²) in [7, 11) is 0. The number of rotatable bonds is 4. The number of hydrogen-bond acceptors (Lipinski definition) is 2. The maximum absolute atomic E-state index is 12.9. The van der Waals surface area contributed by atoms with E-state index in [0.29, 0.717) is 17.7 Å². The fraction of sp³-hybridized carbons (Fsp3) is 0.647. The highest BCUT2D eigenvalue weighted by Crippen LogP contribution is 2.34. The molecule has 2 nitrogen and oxygen atoms in total. The molecule has 0 amide bonds. The normalized spacial score (nSPS) is 21.1. The Labute approximate surface area is 129 Å². The molecular weight excluding hydrogens is 291 g/mol. The maximum atomic E-state index is 12.9. The van der Waals surface area contributed by atoms with Crippen LogP contribution in [0.4, 0.5) is 13.2 Å². The van der Waals surface area contributed by atoms with Crippen molar-refractivity contribution >= 4 is 0 Å². The fourth-order valence-corrected chi connectivity index (χ4v) is 3.09. The highest BCUT2D eigenvalue weighted by atomic mass is 19.4. The van der Waals surface area contributed by atoms with Gasteiger partial charge in [-0.3, -0.25) is 0 Å². The van der Waals surface area contributed by atoms with E-state index in [4.69, 9.17) is 4.74 Å². The van der Waals surface area contributed by atoms with E-state index in [0.717, 1.165) is 38.0 Å². The van der Waals surface area contributed by atoms with Gasteiger partial charge in [0, 0.05) is 19.1 Å². The van der Waals surface area contributed by atoms with E-state index in [-0.39, 0.29) is 6.10 Å². The molecule has 22 heavy (non-hydrogen) atoms. The SMILES string of the molecule is CCc1cc(OC2CCN(C3CC3)CC2)cc(C(F)(F)F)c1. The minimum atomic E-state index is -4.32. The quantitative estimate of drug-likeness (QED) is 0.823. The largest absolute Gasteiger partial charge is 0.490 e. The van der Waals surface area contributed by atoms with Gasteiger partial charge in [0.05, 0.1) is 5.56 Å². The molecule has 0 radical (unpaired) electrons. The number of halogens is 3. The van der Waals surface area contributed by atoms with E-state index in [2.05, 4.69) is 4.90 Å². The number of nitrogens with zero attached hydrogens (tertiary/aromatic N) is 1. The van der Waals surface area contributed by atoms with E-state index in [1.165, 1.54) is 18.9 Å². The lowest BCUT2D eigenvalue weighted by Gasteiger charge is -2.32. The summed E-state index contributed by atoms with van der Waals surface area (Å²) in [5.74, 6) is 0.358. The van der Waals surface area contributed by atoms with Gasteiger partial charge in [0.15, 0.2) is 0 Å². The number of alkyl halides is 3. The van der Waals surface area contributed by atoms with Gasteiger partial charge in [0.2, 0.25) is 0 Å². The van der Waals surface area contributed by atoms with E-state index in [9.17, 15) is 13.2 Å². The number of piperidine rings is 1. The summed E-state index contributed by atoms with van der Waals surface area (Å²) in [6, 6.07) is 4.83. The molecule has 0 spiro atoms. The van der Waals surface area contributed by atoms with Gasteiger partial charge in [-0.25, -0.2) is 0 Å². The van der Waals surface area contributed by atoms with Gasteiger partial charge < -0.3 is 9.64 Å². The van der Waals surface area contributed by atoms with E-state index >= 15 is 0 Å². The summed E-state index contributed by atoms with van der Waals surface area (Å²) < 4.78 is 44.7. The van der Waals surface area contributed by atoms with Gasteiger partial charge in [-0.15, -0.1) is 0 Å². The monoisotopic (exact) mass is 313 g/mol. The van der Waals surface area contributed by atoms with Gasteiger partial charge in [-0.2, -0.15) is 13.2 Å². The molecule has 1 aliphatic carbocycles. The van der Waals surface area contributed by atoms with Crippen LogP contribution >= 0.6 is 0 Å². The molecule has 1 aromatic carbocycles. The molecule has 0 bridgehead atoms. The minimum Gasteiger partial charge on any atom is -0.490 e. The van der Waals surface area contributed by atoms with Crippen molar-refractivity contribution in [2.45, 2.75) is 57.3 Å². The Morgan fingerprint density at radius 2 is 1.77 bits per heavy atom. The third kappa shape index (κ3) is 3.75. The smallest absolute Gasteiger partial charge is 0.416 e. The molecular formula is C17H22F3NO. The van der Waals surface area contributed by atoms with E-state index in [1.54, 1.807) is 6.07 Å². The van der Waals surface area contributed by atoms with Gasteiger partial charge in [-0.1, -0.05) is 6.92 Å². The third-order valence-electron chi connectivity index (χ3n) is 4.54. The molecule has 0 N–H and O–H groups in total. The average Bonchev–Trinajstić information content (AvgIpc) is 3.31. The first-order valence-electron chi connectivity index (χ1n) is 8.07. The first-order chi connectivity index (χ1) is 10.5. The standard InChI is InChI=1S/C17H22F3NO/c1-2-12-9-13(17(18,19)20)11-16(10-12)22-15-5-7-21(8-6-15)14-3-4-14/h9-11,14-15H,2-8H2,1H3. The second-order valence-corrected chi connectivity index (χ2v) is 6.30. The molecule has 122 valence electrons. The van der Waals surface area contributed by atoms with Crippen molar-refractivity contribution in [1.82, 2.24) is 4.90 Å². The lowest BCUT2D eigenvalue weighted by molar-refractivity contribution is -0.137. The Bertz CT molecular complexity index is 517. The molecule has 1 aromatic rings. The van der Waals surface area contributed by atoms with Crippen LogP contribution in [0.1, 0.15) is 43.7 Å². The van der Waals surface area contributed by atoms with Crippen molar-refractivity contribution in [2.24, 2.45) is 0 Å². The Morgan fingerprint density at radius 3 is 2.32 bits per heavy atom. The molecule has 0 unspecified atom stereocenters. The molecule has 1 aliphatic heterocycles. The van der Waals surface area contributed by atoms with Crippen LogP contribution in [0.5, 0.6) is 5.75 Å². The van der Waals surface area contributed by atoms with Crippen LogP contribution < -0.4 is 4.74 Å². The number of benzene rings is 1. The van der Waals surface area contributed by atoms with Gasteiger partial charge in [0.25, 0.3) is 0 Å². The van der Waals surface area contributed by atoms with Crippen molar-refractivity contribution in [3.8, 4) is 5.75 Å². The number of hydrogen-bond donors (Lipinski definition) is 0. The molecule has 1 saturated carbocycles. The summed E-state index contributed by atoms with van der Waals surface area (Å²) in [6.45, 7) is 3.84. The zero-order valence-corrected chi connectivity index (χ0v) is 12.8. The molecule has 3 rings (SSSR count). The lowest BCUT2D eigenvalue weighted by atomic mass is 10.1. The Hall–Kier alpha value is -1.23. The molecule has 0 aromatic heterocycles. The van der Waals surface area contributed by atoms with Crippen LogP contribution in [-0.4, -0.2) is 30.1 Å². The Morgan fingerprint density at radius 1 is 1.09 bits per heavy atom. The highest BCUT2D eigenvalue weighted by Gasteiger charge is 2.33. The van der Waals surface area contributed by atoms with Crippen LogP contribution in [0.25, 0.3) is 0 Å². The van der Waals surface area contributed by atoms with Crippen molar-refractivity contribution in [2.75, 3.05) is 13.1 Å². The molecule has 0 atom stereocenters. The zero-order chi connectivity index (χ0) is 15.7. The zero-order valence-electron chi connectivity index (χ0n) is 12.8. The number of aryl methyl sites for hydroxylation is 1. The fourth-order valence-electron chi connectivity index (χ4n) is 3.09. The number of ether oxygens (including phenoxy) is 1. The first kappa shape index (κ1) is 15.7. The van der Waals surface area contributed by atoms with Gasteiger partial charge in [0.1, 0.15) is 11.9 Å². The molecule has 1 heterocycles. The van der Waals surface area contributed by atoms with Crippen LogP contribution in [0.3, 0.4) is 0 Å². The van der Waals surface area contributed by atoms with Crippen LogP contribution in [0.2, 0.25) is 0 Å². The van der Waals surface area contributed by atoms with Crippen molar-refractivity contribution in [1.29, 1.82) is 0 Å². The number of likely N-dealkylation sites (tertiary alicyclic amines) is 1. The van der Waals surface area contributed by atoms with E-state index in [1.807, 2.05) is 6.92 Å². The van der Waals surface area contributed by atoms with Crippen molar-refractivity contribution in [3.63, 3.8) is 0 Å². The third-order valence-corrected chi connectivity index (χ3v) is 4.54. The second kappa shape index (κ2) is 6.11.